The van der Waals surface area contributed by atoms with E-state index in [1.54, 1.807) is 36.4 Å². The number of halogens is 1. The highest BCUT2D eigenvalue weighted by Gasteiger charge is 2.14. The summed E-state index contributed by atoms with van der Waals surface area (Å²) in [5.41, 5.74) is 2.20. The van der Waals surface area contributed by atoms with E-state index in [1.165, 1.54) is 18.7 Å². The highest BCUT2D eigenvalue weighted by atomic mass is 35.5. The number of methoxy groups -OCH3 is 1. The minimum Gasteiger partial charge on any atom is -0.495 e. The van der Waals surface area contributed by atoms with Gasteiger partial charge in [0.05, 0.1) is 19.2 Å². The molecule has 38 heavy (non-hydrogen) atoms. The molecule has 9 heteroatoms. The van der Waals surface area contributed by atoms with Crippen molar-refractivity contribution in [2.45, 2.75) is 39.0 Å². The van der Waals surface area contributed by atoms with Crippen LogP contribution in [0.2, 0.25) is 5.02 Å². The van der Waals surface area contributed by atoms with Crippen LogP contribution in [0.1, 0.15) is 39.2 Å². The van der Waals surface area contributed by atoms with Crippen LogP contribution in [0.3, 0.4) is 0 Å². The predicted octanol–water partition coefficient (Wildman–Crippen LogP) is 6.34. The van der Waals surface area contributed by atoms with Crippen LogP contribution in [0.15, 0.2) is 66.7 Å². The Morgan fingerprint density at radius 3 is 2.05 bits per heavy atom. The van der Waals surface area contributed by atoms with Crippen LogP contribution in [-0.2, 0) is 24.5 Å². The lowest BCUT2D eigenvalue weighted by Crippen LogP contribution is -2.22. The van der Waals surface area contributed by atoms with E-state index in [2.05, 4.69) is 31.4 Å². The molecule has 0 atom stereocenters. The summed E-state index contributed by atoms with van der Waals surface area (Å²) in [6.07, 6.45) is -0.272. The van der Waals surface area contributed by atoms with E-state index in [1.807, 2.05) is 24.3 Å². The standard InChI is InChI=1S/C29H31ClN2O6/c1-29(2,3)19-5-10-22(11-6-19)38-23-12-8-21(9-13-23)31-26(33)15-16-28(35)37-18-27(34)32-24-17-20(30)7-14-25(24)36-4/h5-14,17H,15-16,18H2,1-4H3,(H,31,33)(H,32,34). The van der Waals surface area contributed by atoms with Gasteiger partial charge in [0.1, 0.15) is 17.2 Å². The Bertz CT molecular complexity index is 1270. The maximum atomic E-state index is 12.2. The summed E-state index contributed by atoms with van der Waals surface area (Å²) in [6.45, 7) is 5.95. The first-order valence-corrected chi connectivity index (χ1v) is 12.4. The van der Waals surface area contributed by atoms with Crippen molar-refractivity contribution in [3.8, 4) is 17.2 Å². The number of anilines is 2. The van der Waals surface area contributed by atoms with Crippen LogP contribution in [0.25, 0.3) is 0 Å². The van der Waals surface area contributed by atoms with Gasteiger partial charge in [0, 0.05) is 17.1 Å². The molecule has 8 nitrogen and oxygen atoms in total. The summed E-state index contributed by atoms with van der Waals surface area (Å²) in [5, 5.41) is 5.70. The van der Waals surface area contributed by atoms with E-state index in [0.29, 0.717) is 33.6 Å². The summed E-state index contributed by atoms with van der Waals surface area (Å²) >= 11 is 5.93. The lowest BCUT2D eigenvalue weighted by atomic mass is 9.87. The van der Waals surface area contributed by atoms with Crippen LogP contribution in [0.4, 0.5) is 11.4 Å². The van der Waals surface area contributed by atoms with Crippen molar-refractivity contribution in [1.82, 2.24) is 0 Å². The number of benzene rings is 3. The molecule has 3 rings (SSSR count). The number of nitrogens with one attached hydrogen (secondary N) is 2. The minimum atomic E-state index is -0.672. The number of carbonyl (C=O) groups excluding carboxylic acids is 3. The fourth-order valence-corrected chi connectivity index (χ4v) is 3.56. The maximum absolute atomic E-state index is 12.2. The van der Waals surface area contributed by atoms with Crippen LogP contribution in [0.5, 0.6) is 17.2 Å². The zero-order chi connectivity index (χ0) is 27.7. The number of rotatable bonds is 10. The third-order valence-electron chi connectivity index (χ3n) is 5.45. The summed E-state index contributed by atoms with van der Waals surface area (Å²) in [4.78, 5) is 36.3. The number of hydrogen-bond donors (Lipinski definition) is 2. The van der Waals surface area contributed by atoms with Crippen molar-refractivity contribution in [2.75, 3.05) is 24.4 Å². The maximum Gasteiger partial charge on any atom is 0.306 e. The number of esters is 1. The van der Waals surface area contributed by atoms with Crippen molar-refractivity contribution in [3.05, 3.63) is 77.3 Å². The highest BCUT2D eigenvalue weighted by Crippen LogP contribution is 2.28. The molecule has 2 N–H and O–H groups in total. The largest absolute Gasteiger partial charge is 0.495 e. The molecule has 200 valence electrons. The third kappa shape index (κ3) is 8.81. The molecule has 0 aromatic heterocycles. The smallest absolute Gasteiger partial charge is 0.306 e. The SMILES string of the molecule is COc1ccc(Cl)cc1NC(=O)COC(=O)CCC(=O)Nc1ccc(Oc2ccc(C(C)(C)C)cc2)cc1. The second kappa shape index (κ2) is 13.0. The van der Waals surface area contributed by atoms with Crippen molar-refractivity contribution < 1.29 is 28.6 Å². The predicted molar refractivity (Wildman–Crippen MR) is 147 cm³/mol. The van der Waals surface area contributed by atoms with E-state index in [9.17, 15) is 14.4 Å². The Hall–Kier alpha value is -4.04. The lowest BCUT2D eigenvalue weighted by Gasteiger charge is -2.19. The summed E-state index contributed by atoms with van der Waals surface area (Å²) in [6, 6.07) is 19.6. The first-order valence-electron chi connectivity index (χ1n) is 12.0. The van der Waals surface area contributed by atoms with Crippen molar-refractivity contribution in [1.29, 1.82) is 0 Å². The summed E-state index contributed by atoms with van der Waals surface area (Å²) < 4.78 is 16.0. The average molecular weight is 539 g/mol. The van der Waals surface area contributed by atoms with Gasteiger partial charge in [-0.05, 0) is 65.6 Å². The molecule has 0 fully saturated rings. The van der Waals surface area contributed by atoms with Gasteiger partial charge in [-0.15, -0.1) is 0 Å². The molecule has 3 aromatic carbocycles. The van der Waals surface area contributed by atoms with E-state index < -0.39 is 18.5 Å². The van der Waals surface area contributed by atoms with Crippen molar-refractivity contribution in [3.63, 3.8) is 0 Å². The first-order chi connectivity index (χ1) is 18.0. The molecule has 0 saturated heterocycles. The Labute approximate surface area is 227 Å². The van der Waals surface area contributed by atoms with Gasteiger partial charge in [-0.1, -0.05) is 44.5 Å². The third-order valence-corrected chi connectivity index (χ3v) is 5.69. The van der Waals surface area contributed by atoms with Crippen LogP contribution in [0, 0.1) is 0 Å². The Morgan fingerprint density at radius 2 is 1.45 bits per heavy atom. The number of hydrogen-bond acceptors (Lipinski definition) is 6. The van der Waals surface area contributed by atoms with Crippen molar-refractivity contribution >= 4 is 40.8 Å². The highest BCUT2D eigenvalue weighted by molar-refractivity contribution is 6.31. The zero-order valence-electron chi connectivity index (χ0n) is 21.8. The number of amides is 2. The van der Waals surface area contributed by atoms with Gasteiger partial charge >= 0.3 is 5.97 Å². The van der Waals surface area contributed by atoms with E-state index in [4.69, 9.17) is 25.8 Å². The molecule has 0 bridgehead atoms. The first kappa shape index (κ1) is 28.5. The Balaban J connectivity index is 1.39. The molecular weight excluding hydrogens is 508 g/mol. The van der Waals surface area contributed by atoms with Gasteiger partial charge in [0.2, 0.25) is 5.91 Å². The molecule has 0 unspecified atom stereocenters. The number of carbonyl (C=O) groups is 3. The lowest BCUT2D eigenvalue weighted by molar-refractivity contribution is -0.147. The van der Waals surface area contributed by atoms with E-state index in [0.717, 1.165) is 0 Å². The molecule has 0 saturated carbocycles. The molecule has 0 aliphatic heterocycles. The quantitative estimate of drug-likeness (QED) is 0.292. The Morgan fingerprint density at radius 1 is 0.816 bits per heavy atom. The molecule has 0 heterocycles. The van der Waals surface area contributed by atoms with Gasteiger partial charge in [0.15, 0.2) is 6.61 Å². The van der Waals surface area contributed by atoms with Gasteiger partial charge in [-0.3, -0.25) is 14.4 Å². The Kier molecular flexibility index (Phi) is 9.73. The topological polar surface area (TPSA) is 103 Å². The monoisotopic (exact) mass is 538 g/mol. The van der Waals surface area contributed by atoms with Gasteiger partial charge in [-0.2, -0.15) is 0 Å². The molecule has 0 radical (unpaired) electrons. The van der Waals surface area contributed by atoms with Crippen LogP contribution >= 0.6 is 11.6 Å². The molecule has 3 aromatic rings. The normalized spacial score (nSPS) is 10.9. The van der Waals surface area contributed by atoms with Crippen molar-refractivity contribution in [2.24, 2.45) is 0 Å². The van der Waals surface area contributed by atoms with Gasteiger partial charge in [0.25, 0.3) is 5.91 Å². The molecule has 0 spiro atoms. The van der Waals surface area contributed by atoms with E-state index in [-0.39, 0.29) is 24.2 Å². The zero-order valence-corrected chi connectivity index (χ0v) is 22.6. The van der Waals surface area contributed by atoms with Crippen LogP contribution < -0.4 is 20.1 Å². The van der Waals surface area contributed by atoms with Crippen LogP contribution in [-0.4, -0.2) is 31.5 Å². The number of ether oxygens (including phenoxy) is 3. The molecule has 2 amide bonds. The summed E-state index contributed by atoms with van der Waals surface area (Å²) in [7, 11) is 1.46. The summed E-state index contributed by atoms with van der Waals surface area (Å²) in [5.74, 6) is 0.171. The molecule has 0 aliphatic carbocycles. The van der Waals surface area contributed by atoms with Gasteiger partial charge < -0.3 is 24.8 Å². The van der Waals surface area contributed by atoms with Gasteiger partial charge in [-0.25, -0.2) is 0 Å². The molecular formula is C29H31ClN2O6. The average Bonchev–Trinajstić information content (AvgIpc) is 2.87. The molecule has 0 aliphatic rings. The fraction of sp³-hybridized carbons (Fsp3) is 0.276. The minimum absolute atomic E-state index is 0.0655. The second-order valence-corrected chi connectivity index (χ2v) is 9.94. The fourth-order valence-electron chi connectivity index (χ4n) is 3.39. The second-order valence-electron chi connectivity index (χ2n) is 9.50. The van der Waals surface area contributed by atoms with E-state index >= 15 is 0 Å².